The molecule has 0 aliphatic rings. The largest absolute Gasteiger partial charge is 1.00 e. The molecule has 0 saturated carbocycles. The Kier molecular flexibility index (Phi) is 12.7. The summed E-state index contributed by atoms with van der Waals surface area (Å²) >= 11 is 0. The number of halogens is 15. The first-order chi connectivity index (χ1) is 20.1. The molecule has 0 atom stereocenters. The van der Waals surface area contributed by atoms with Gasteiger partial charge in [-0.2, -0.15) is 0 Å². The van der Waals surface area contributed by atoms with E-state index in [1.54, 1.807) is 0 Å². The average Bonchev–Trinajstić information content (AvgIpc) is 2.98. The van der Waals surface area contributed by atoms with E-state index < -0.39 is 123 Å². The van der Waals surface area contributed by atoms with Crippen molar-refractivity contribution in [2.75, 3.05) is 6.61 Å². The maximum absolute atomic E-state index is 15.3. The van der Waals surface area contributed by atoms with Crippen molar-refractivity contribution in [1.29, 1.82) is 0 Å². The summed E-state index contributed by atoms with van der Waals surface area (Å²) in [5.74, 6) is -45.9. The summed E-state index contributed by atoms with van der Waals surface area (Å²) in [4.78, 5) is 0. The molecule has 0 fully saturated rings. The molecule has 0 N–H and O–H groups in total. The molecule has 0 aliphatic carbocycles. The summed E-state index contributed by atoms with van der Waals surface area (Å²) in [5, 5.41) is 0. The smallest absolute Gasteiger partial charge is 0.579 e. The number of rotatable bonds is 11. The van der Waals surface area contributed by atoms with Crippen molar-refractivity contribution < 1.29 is 100 Å². The molecule has 44 heavy (non-hydrogen) atoms. The van der Waals surface area contributed by atoms with Gasteiger partial charge in [-0.1, -0.05) is 55.4 Å². The number of unbranched alkanes of at least 4 members (excludes halogenated alkanes) is 5. The second-order valence-electron chi connectivity index (χ2n) is 9.38. The van der Waals surface area contributed by atoms with Gasteiger partial charge in [0.1, 0.15) is 34.9 Å². The normalized spacial score (nSPS) is 11.7. The number of benzene rings is 3. The van der Waals surface area contributed by atoms with Crippen LogP contribution in [0.25, 0.3) is 0 Å². The van der Waals surface area contributed by atoms with Crippen molar-refractivity contribution in [3.8, 4) is 0 Å². The molecule has 0 unspecified atom stereocenters. The molecular formula is C26H17BF15NaO. The van der Waals surface area contributed by atoms with Gasteiger partial charge in [-0.05, 0) is 6.42 Å². The first-order valence-electron chi connectivity index (χ1n) is 12.4. The molecule has 0 bridgehead atoms. The Labute approximate surface area is 261 Å². The molecule has 0 heterocycles. The van der Waals surface area contributed by atoms with Crippen LogP contribution < -0.4 is 45.9 Å². The Balaban J connectivity index is 0.00000675. The SMILES string of the molecule is CCCCCCCCO[B-](c1c(F)c(F)c(F)c(F)c1F)(c1c(F)c(F)c(F)c(F)c1F)c1c(F)c(F)c(F)c(F)c1F.[Na+]. The van der Waals surface area contributed by atoms with Gasteiger partial charge in [0.25, 0.3) is 0 Å². The first-order valence-corrected chi connectivity index (χ1v) is 12.4. The molecule has 0 radical (unpaired) electrons. The fourth-order valence-corrected chi connectivity index (χ4v) is 4.76. The summed E-state index contributed by atoms with van der Waals surface area (Å²) in [6.07, 6.45) is -4.05. The molecule has 0 saturated heterocycles. The van der Waals surface area contributed by atoms with Gasteiger partial charge in [-0.3, -0.25) is 0 Å². The van der Waals surface area contributed by atoms with Gasteiger partial charge >= 0.3 is 29.6 Å². The van der Waals surface area contributed by atoms with E-state index in [1.807, 2.05) is 6.92 Å². The minimum absolute atomic E-state index is 0. The fourth-order valence-electron chi connectivity index (χ4n) is 4.76. The van der Waals surface area contributed by atoms with Gasteiger partial charge in [0.15, 0.2) is 52.4 Å². The van der Waals surface area contributed by atoms with Gasteiger partial charge in [0.05, 0.1) is 0 Å². The van der Waals surface area contributed by atoms with E-state index in [1.165, 1.54) is 0 Å². The Hall–Kier alpha value is -2.37. The molecule has 18 heteroatoms. The summed E-state index contributed by atoms with van der Waals surface area (Å²) in [6.45, 7) is 0.572. The average molecular weight is 664 g/mol. The van der Waals surface area contributed by atoms with Crippen LogP contribution in [-0.2, 0) is 4.65 Å². The molecule has 0 aromatic heterocycles. The zero-order valence-corrected chi connectivity index (χ0v) is 24.6. The third kappa shape index (κ3) is 6.21. The van der Waals surface area contributed by atoms with E-state index in [-0.39, 0.29) is 36.0 Å². The van der Waals surface area contributed by atoms with Crippen molar-refractivity contribution in [3.05, 3.63) is 87.3 Å². The Morgan fingerprint density at radius 1 is 0.364 bits per heavy atom. The second kappa shape index (κ2) is 14.8. The standard InChI is InChI=1S/C26H17BF15O.Na/c1-2-3-4-5-6-7-8-43-27(9-12(28)18(34)24(40)19(35)13(9)29,10-14(30)20(36)25(41)21(37)15(10)31)11-16(32)22(38)26(42)23(39)17(11)33;/h2-8H2,1H3;/q-1;+1. The zero-order valence-electron chi connectivity index (χ0n) is 22.6. The van der Waals surface area contributed by atoms with Gasteiger partial charge in [0.2, 0.25) is 6.35 Å². The van der Waals surface area contributed by atoms with E-state index >= 15 is 26.3 Å². The van der Waals surface area contributed by atoms with Crippen LogP contribution in [0.5, 0.6) is 0 Å². The number of hydrogen-bond acceptors (Lipinski definition) is 1. The minimum atomic E-state index is -5.94. The van der Waals surface area contributed by atoms with Gasteiger partial charge in [0, 0.05) is 6.61 Å². The van der Waals surface area contributed by atoms with Crippen molar-refractivity contribution in [1.82, 2.24) is 0 Å². The van der Waals surface area contributed by atoms with Crippen molar-refractivity contribution in [2.24, 2.45) is 0 Å². The van der Waals surface area contributed by atoms with Crippen LogP contribution in [-0.4, -0.2) is 13.0 Å². The second-order valence-corrected chi connectivity index (χ2v) is 9.38. The van der Waals surface area contributed by atoms with Crippen molar-refractivity contribution >= 4 is 22.7 Å². The van der Waals surface area contributed by atoms with Crippen LogP contribution in [0.4, 0.5) is 65.9 Å². The molecule has 3 rings (SSSR count). The van der Waals surface area contributed by atoms with Gasteiger partial charge in [-0.25, -0.2) is 65.9 Å². The van der Waals surface area contributed by atoms with E-state index in [0.29, 0.717) is 19.3 Å². The fraction of sp³-hybridized carbons (Fsp3) is 0.308. The Bertz CT molecular complexity index is 1310. The van der Waals surface area contributed by atoms with Crippen LogP contribution in [0.1, 0.15) is 45.4 Å². The molecule has 0 amide bonds. The van der Waals surface area contributed by atoms with Crippen LogP contribution in [0.15, 0.2) is 0 Å². The number of hydrogen-bond donors (Lipinski definition) is 0. The maximum Gasteiger partial charge on any atom is 1.00 e. The third-order valence-electron chi connectivity index (χ3n) is 6.82. The molecule has 1 nitrogen and oxygen atoms in total. The van der Waals surface area contributed by atoms with E-state index in [9.17, 15) is 39.5 Å². The first kappa shape index (κ1) is 37.8. The Morgan fingerprint density at radius 2 is 0.591 bits per heavy atom. The van der Waals surface area contributed by atoms with Crippen LogP contribution in [0.3, 0.4) is 0 Å². The molecule has 0 spiro atoms. The van der Waals surface area contributed by atoms with Gasteiger partial charge < -0.3 is 4.65 Å². The summed E-state index contributed by atoms with van der Waals surface area (Å²) in [5.41, 5.74) is -8.31. The quantitative estimate of drug-likeness (QED) is 0.0987. The molecular weight excluding hydrogens is 647 g/mol. The van der Waals surface area contributed by atoms with Crippen molar-refractivity contribution in [2.45, 2.75) is 45.4 Å². The van der Waals surface area contributed by atoms with Crippen LogP contribution >= 0.6 is 0 Å². The van der Waals surface area contributed by atoms with Gasteiger partial charge in [-0.15, -0.1) is 0 Å². The predicted octanol–water partition coefficient (Wildman–Crippen LogP) is 4.12. The van der Waals surface area contributed by atoms with E-state index in [0.717, 1.165) is 6.42 Å². The topological polar surface area (TPSA) is 9.23 Å². The maximum atomic E-state index is 15.3. The predicted molar refractivity (Wildman–Crippen MR) is 123 cm³/mol. The van der Waals surface area contributed by atoms with Crippen LogP contribution in [0.2, 0.25) is 0 Å². The third-order valence-corrected chi connectivity index (χ3v) is 6.82. The molecule has 0 aliphatic heterocycles. The molecule has 236 valence electrons. The van der Waals surface area contributed by atoms with E-state index in [4.69, 9.17) is 4.65 Å². The summed E-state index contributed by atoms with van der Waals surface area (Å²) < 4.78 is 225. The monoisotopic (exact) mass is 664 g/mol. The van der Waals surface area contributed by atoms with Crippen LogP contribution in [0, 0.1) is 87.3 Å². The summed E-state index contributed by atoms with van der Waals surface area (Å²) in [7, 11) is 0. The minimum Gasteiger partial charge on any atom is -0.579 e. The molecule has 3 aromatic rings. The van der Waals surface area contributed by atoms with Crippen molar-refractivity contribution in [3.63, 3.8) is 0 Å². The van der Waals surface area contributed by atoms with E-state index in [2.05, 4.69) is 0 Å². The molecule has 3 aromatic carbocycles. The summed E-state index contributed by atoms with van der Waals surface area (Å²) in [6, 6.07) is 0. The Morgan fingerprint density at radius 3 is 0.864 bits per heavy atom. The zero-order chi connectivity index (χ0) is 32.5.